The van der Waals surface area contributed by atoms with Gasteiger partial charge in [0, 0.05) is 0 Å². The average Bonchev–Trinajstić information content (AvgIpc) is 2.38. The molecule has 0 unspecified atom stereocenters. The predicted octanol–water partition coefficient (Wildman–Crippen LogP) is 3.63. The van der Waals surface area contributed by atoms with E-state index in [2.05, 4.69) is 19.1 Å². The lowest BCUT2D eigenvalue weighted by molar-refractivity contribution is 0.373. The number of hydrogen-bond acceptors (Lipinski definition) is 2. The first-order valence-corrected chi connectivity index (χ1v) is 5.71. The summed E-state index contributed by atoms with van der Waals surface area (Å²) in [5, 5.41) is 9.79. The number of hydrogen-bond donors (Lipinski definition) is 1. The molecule has 0 heterocycles. The molecule has 2 aromatic rings. The third-order valence-electron chi connectivity index (χ3n) is 2.89. The van der Waals surface area contributed by atoms with E-state index < -0.39 is 0 Å². The Hall–Kier alpha value is -1.96. The Morgan fingerprint density at radius 2 is 1.88 bits per heavy atom. The normalized spacial score (nSPS) is 10.2. The van der Waals surface area contributed by atoms with Crippen molar-refractivity contribution in [3.8, 4) is 22.6 Å². The van der Waals surface area contributed by atoms with Crippen LogP contribution in [0.25, 0.3) is 11.1 Å². The number of benzene rings is 2. The van der Waals surface area contributed by atoms with Gasteiger partial charge in [0.05, 0.1) is 7.11 Å². The molecule has 2 heteroatoms. The predicted molar refractivity (Wildman–Crippen MR) is 69.5 cm³/mol. The van der Waals surface area contributed by atoms with Gasteiger partial charge in [-0.3, -0.25) is 0 Å². The van der Waals surface area contributed by atoms with Gasteiger partial charge in [-0.05, 0) is 35.2 Å². The van der Waals surface area contributed by atoms with Gasteiger partial charge >= 0.3 is 0 Å². The van der Waals surface area contributed by atoms with E-state index >= 15 is 0 Å². The van der Waals surface area contributed by atoms with Crippen molar-refractivity contribution in [2.75, 3.05) is 7.11 Å². The largest absolute Gasteiger partial charge is 0.504 e. The molecule has 0 fully saturated rings. The first-order chi connectivity index (χ1) is 8.26. The van der Waals surface area contributed by atoms with Crippen LogP contribution in [-0.4, -0.2) is 12.2 Å². The Balaban J connectivity index is 2.49. The molecule has 2 aromatic carbocycles. The van der Waals surface area contributed by atoms with E-state index in [4.69, 9.17) is 4.74 Å². The van der Waals surface area contributed by atoms with Gasteiger partial charge in [0.1, 0.15) is 0 Å². The van der Waals surface area contributed by atoms with Crippen LogP contribution in [0.15, 0.2) is 42.5 Å². The van der Waals surface area contributed by atoms with E-state index in [0.29, 0.717) is 5.75 Å². The van der Waals surface area contributed by atoms with E-state index in [1.54, 1.807) is 19.2 Å². The number of ether oxygens (including phenoxy) is 1. The van der Waals surface area contributed by atoms with Crippen LogP contribution in [0.3, 0.4) is 0 Å². The monoisotopic (exact) mass is 228 g/mol. The van der Waals surface area contributed by atoms with Crippen LogP contribution in [0.1, 0.15) is 12.5 Å². The highest BCUT2D eigenvalue weighted by Crippen LogP contribution is 2.32. The van der Waals surface area contributed by atoms with Gasteiger partial charge in [0.25, 0.3) is 0 Å². The van der Waals surface area contributed by atoms with Crippen molar-refractivity contribution in [1.82, 2.24) is 0 Å². The van der Waals surface area contributed by atoms with E-state index in [1.807, 2.05) is 18.2 Å². The molecule has 0 bridgehead atoms. The molecule has 0 aliphatic carbocycles. The molecular weight excluding hydrogens is 212 g/mol. The summed E-state index contributed by atoms with van der Waals surface area (Å²) in [6.07, 6.45) is 0.975. The quantitative estimate of drug-likeness (QED) is 0.869. The molecule has 0 spiro atoms. The zero-order valence-electron chi connectivity index (χ0n) is 10.1. The van der Waals surface area contributed by atoms with Crippen molar-refractivity contribution in [1.29, 1.82) is 0 Å². The van der Waals surface area contributed by atoms with Crippen LogP contribution >= 0.6 is 0 Å². The Bertz CT molecular complexity index is 518. The molecule has 0 amide bonds. The van der Waals surface area contributed by atoms with Gasteiger partial charge in [-0.25, -0.2) is 0 Å². The summed E-state index contributed by atoms with van der Waals surface area (Å²) in [6, 6.07) is 13.7. The molecule has 0 saturated heterocycles. The molecule has 0 saturated carbocycles. The van der Waals surface area contributed by atoms with Gasteiger partial charge < -0.3 is 9.84 Å². The topological polar surface area (TPSA) is 29.5 Å². The first-order valence-electron chi connectivity index (χ1n) is 5.71. The smallest absolute Gasteiger partial charge is 0.160 e. The minimum atomic E-state index is 0.177. The highest BCUT2D eigenvalue weighted by Gasteiger charge is 2.06. The average molecular weight is 228 g/mol. The van der Waals surface area contributed by atoms with Gasteiger partial charge in [-0.1, -0.05) is 37.3 Å². The highest BCUT2D eigenvalue weighted by molar-refractivity contribution is 5.70. The molecule has 0 aromatic heterocycles. The summed E-state index contributed by atoms with van der Waals surface area (Å²) in [6.45, 7) is 2.13. The fourth-order valence-corrected chi connectivity index (χ4v) is 1.97. The maximum atomic E-state index is 9.79. The lowest BCUT2D eigenvalue weighted by Crippen LogP contribution is -1.88. The summed E-state index contributed by atoms with van der Waals surface area (Å²) in [5.74, 6) is 0.679. The fourth-order valence-electron chi connectivity index (χ4n) is 1.97. The molecule has 1 N–H and O–H groups in total. The fraction of sp³-hybridized carbons (Fsp3) is 0.200. The zero-order valence-corrected chi connectivity index (χ0v) is 10.1. The lowest BCUT2D eigenvalue weighted by atomic mass is 9.98. The Kier molecular flexibility index (Phi) is 3.33. The number of phenolic OH excluding ortho intramolecular Hbond substituents is 1. The SMILES string of the molecule is CCc1ccccc1-c1ccc(OC)c(O)c1. The lowest BCUT2D eigenvalue weighted by Gasteiger charge is -2.10. The summed E-state index contributed by atoms with van der Waals surface area (Å²) in [7, 11) is 1.55. The second-order valence-electron chi connectivity index (χ2n) is 3.90. The zero-order chi connectivity index (χ0) is 12.3. The Morgan fingerprint density at radius 1 is 1.12 bits per heavy atom. The van der Waals surface area contributed by atoms with Crippen molar-refractivity contribution in [2.24, 2.45) is 0 Å². The van der Waals surface area contributed by atoms with E-state index in [-0.39, 0.29) is 5.75 Å². The van der Waals surface area contributed by atoms with Crippen LogP contribution in [-0.2, 0) is 6.42 Å². The second kappa shape index (κ2) is 4.91. The Morgan fingerprint density at radius 3 is 2.53 bits per heavy atom. The number of aromatic hydroxyl groups is 1. The third kappa shape index (κ3) is 2.26. The summed E-state index contributed by atoms with van der Waals surface area (Å²) in [4.78, 5) is 0. The standard InChI is InChI=1S/C15H16O2/c1-3-11-6-4-5-7-13(11)12-8-9-15(17-2)14(16)10-12/h4-10,16H,3H2,1-2H3. The summed E-state index contributed by atoms with van der Waals surface area (Å²) in [5.41, 5.74) is 3.45. The maximum Gasteiger partial charge on any atom is 0.160 e. The van der Waals surface area contributed by atoms with Gasteiger partial charge in [0.15, 0.2) is 11.5 Å². The van der Waals surface area contributed by atoms with Gasteiger partial charge in [-0.15, -0.1) is 0 Å². The number of rotatable bonds is 3. The van der Waals surface area contributed by atoms with Gasteiger partial charge in [0.2, 0.25) is 0 Å². The van der Waals surface area contributed by atoms with Crippen LogP contribution in [0.2, 0.25) is 0 Å². The van der Waals surface area contributed by atoms with Crippen molar-refractivity contribution in [2.45, 2.75) is 13.3 Å². The second-order valence-corrected chi connectivity index (χ2v) is 3.90. The molecule has 0 aliphatic rings. The molecule has 2 rings (SSSR count). The minimum absolute atomic E-state index is 0.177. The molecule has 0 aliphatic heterocycles. The van der Waals surface area contributed by atoms with Crippen LogP contribution in [0.5, 0.6) is 11.5 Å². The first kappa shape index (κ1) is 11.5. The molecular formula is C15H16O2. The summed E-state index contributed by atoms with van der Waals surface area (Å²) < 4.78 is 5.04. The number of phenols is 1. The van der Waals surface area contributed by atoms with E-state index in [9.17, 15) is 5.11 Å². The number of methoxy groups -OCH3 is 1. The maximum absolute atomic E-state index is 9.79. The van der Waals surface area contributed by atoms with Crippen LogP contribution < -0.4 is 4.74 Å². The molecule has 0 radical (unpaired) electrons. The molecule has 2 nitrogen and oxygen atoms in total. The molecule has 17 heavy (non-hydrogen) atoms. The van der Waals surface area contributed by atoms with Crippen molar-refractivity contribution in [3.05, 3.63) is 48.0 Å². The Labute approximate surface area is 101 Å². The summed E-state index contributed by atoms with van der Waals surface area (Å²) >= 11 is 0. The minimum Gasteiger partial charge on any atom is -0.504 e. The van der Waals surface area contributed by atoms with Crippen molar-refractivity contribution in [3.63, 3.8) is 0 Å². The van der Waals surface area contributed by atoms with E-state index in [1.165, 1.54) is 5.56 Å². The molecule has 0 atom stereocenters. The van der Waals surface area contributed by atoms with Crippen molar-refractivity contribution < 1.29 is 9.84 Å². The highest BCUT2D eigenvalue weighted by atomic mass is 16.5. The third-order valence-corrected chi connectivity index (χ3v) is 2.89. The van der Waals surface area contributed by atoms with Crippen LogP contribution in [0, 0.1) is 0 Å². The van der Waals surface area contributed by atoms with E-state index in [0.717, 1.165) is 17.5 Å². The number of aryl methyl sites for hydroxylation is 1. The van der Waals surface area contributed by atoms with Crippen LogP contribution in [0.4, 0.5) is 0 Å². The van der Waals surface area contributed by atoms with Gasteiger partial charge in [-0.2, -0.15) is 0 Å². The van der Waals surface area contributed by atoms with Crippen molar-refractivity contribution >= 4 is 0 Å². The molecule has 88 valence electrons.